The zero-order valence-electron chi connectivity index (χ0n) is 11.4. The number of carbonyl (C=O) groups excluding carboxylic acids is 1. The summed E-state index contributed by atoms with van der Waals surface area (Å²) in [7, 11) is 0. The summed E-state index contributed by atoms with van der Waals surface area (Å²) < 4.78 is 0. The molecular weight excluding hydrogens is 300 g/mol. The zero-order valence-corrected chi connectivity index (χ0v) is 13.0. The van der Waals surface area contributed by atoms with Crippen LogP contribution in [0.15, 0.2) is 30.3 Å². The van der Waals surface area contributed by atoms with Crippen molar-refractivity contribution in [1.29, 1.82) is 5.26 Å². The summed E-state index contributed by atoms with van der Waals surface area (Å²) in [5.41, 5.74) is 2.87. The van der Waals surface area contributed by atoms with Gasteiger partial charge in [0.25, 0.3) is 5.91 Å². The minimum atomic E-state index is -0.0261. The van der Waals surface area contributed by atoms with Gasteiger partial charge in [-0.2, -0.15) is 17.0 Å². The van der Waals surface area contributed by atoms with E-state index < -0.39 is 0 Å². The fourth-order valence-electron chi connectivity index (χ4n) is 2.28. The minimum Gasteiger partial charge on any atom is -0.347 e. The van der Waals surface area contributed by atoms with Crippen LogP contribution >= 0.6 is 23.1 Å². The molecule has 2 heterocycles. The van der Waals surface area contributed by atoms with Crippen LogP contribution in [0.25, 0.3) is 0 Å². The van der Waals surface area contributed by atoms with Gasteiger partial charge in [0.1, 0.15) is 0 Å². The summed E-state index contributed by atoms with van der Waals surface area (Å²) in [5.74, 6) is 2.14. The number of nitrogens with zero attached hydrogens (tertiary/aromatic N) is 1. The summed E-state index contributed by atoms with van der Waals surface area (Å²) in [5, 5.41) is 11.8. The summed E-state index contributed by atoms with van der Waals surface area (Å²) in [6.45, 7) is 0.450. The van der Waals surface area contributed by atoms with Gasteiger partial charge in [-0.25, -0.2) is 0 Å². The van der Waals surface area contributed by atoms with Crippen LogP contribution in [-0.4, -0.2) is 11.7 Å². The van der Waals surface area contributed by atoms with Gasteiger partial charge in [0.15, 0.2) is 0 Å². The first kappa shape index (κ1) is 14.2. The molecule has 0 atom stereocenters. The first-order valence-corrected chi connectivity index (χ1v) is 8.70. The van der Waals surface area contributed by atoms with Crippen LogP contribution in [0.2, 0.25) is 0 Å². The molecule has 3 nitrogen and oxygen atoms in total. The van der Waals surface area contributed by atoms with Crippen molar-refractivity contribution < 1.29 is 4.79 Å². The second-order valence-corrected chi connectivity index (χ2v) is 7.10. The fourth-order valence-corrected chi connectivity index (χ4v) is 4.57. The summed E-state index contributed by atoms with van der Waals surface area (Å²) in [4.78, 5) is 14.4. The Kier molecular flexibility index (Phi) is 4.28. The highest BCUT2D eigenvalue weighted by molar-refractivity contribution is 7.98. The van der Waals surface area contributed by atoms with E-state index in [1.165, 1.54) is 10.4 Å². The molecule has 2 aromatic rings. The van der Waals surface area contributed by atoms with Gasteiger partial charge in [0.05, 0.1) is 16.5 Å². The van der Waals surface area contributed by atoms with Gasteiger partial charge < -0.3 is 5.32 Å². The fraction of sp³-hybridized carbons (Fsp3) is 0.250. The number of aryl methyl sites for hydroxylation is 1. The molecule has 5 heteroatoms. The third kappa shape index (κ3) is 3.29. The molecular formula is C16H14N2OS2. The number of fused-ring (bicyclic) bond motifs is 1. The number of benzene rings is 1. The van der Waals surface area contributed by atoms with E-state index in [1.807, 2.05) is 30.0 Å². The average Bonchev–Trinajstić information content (AvgIpc) is 2.97. The maximum atomic E-state index is 12.2. The number of thiophene rings is 1. The molecule has 1 N–H and O–H groups in total. The van der Waals surface area contributed by atoms with Gasteiger partial charge in [-0.1, -0.05) is 12.1 Å². The maximum absolute atomic E-state index is 12.2. The normalized spacial score (nSPS) is 13.3. The van der Waals surface area contributed by atoms with E-state index in [9.17, 15) is 4.79 Å². The lowest BCUT2D eigenvalue weighted by Gasteiger charge is -2.08. The van der Waals surface area contributed by atoms with Gasteiger partial charge in [-0.3, -0.25) is 4.79 Å². The number of hydrogen-bond donors (Lipinski definition) is 1. The molecule has 0 fully saturated rings. The van der Waals surface area contributed by atoms with Gasteiger partial charge >= 0.3 is 0 Å². The Balaban J connectivity index is 1.66. The Labute approximate surface area is 132 Å². The van der Waals surface area contributed by atoms with Crippen LogP contribution in [0, 0.1) is 11.3 Å². The van der Waals surface area contributed by atoms with Crippen LogP contribution in [0.1, 0.15) is 31.2 Å². The first-order valence-electron chi connectivity index (χ1n) is 6.73. The predicted molar refractivity (Wildman–Crippen MR) is 86.5 cm³/mol. The third-order valence-corrected chi connectivity index (χ3v) is 5.60. The van der Waals surface area contributed by atoms with Crippen LogP contribution in [0.3, 0.4) is 0 Å². The third-order valence-electron chi connectivity index (χ3n) is 3.36. The summed E-state index contributed by atoms with van der Waals surface area (Å²) in [6, 6.07) is 11.4. The van der Waals surface area contributed by atoms with Crippen LogP contribution < -0.4 is 5.32 Å². The highest BCUT2D eigenvalue weighted by atomic mass is 32.2. The monoisotopic (exact) mass is 314 g/mol. The maximum Gasteiger partial charge on any atom is 0.261 e. The molecule has 0 aliphatic carbocycles. The van der Waals surface area contributed by atoms with E-state index in [0.717, 1.165) is 28.4 Å². The Morgan fingerprint density at radius 1 is 1.38 bits per heavy atom. The molecule has 0 spiro atoms. The first-order chi connectivity index (χ1) is 10.3. The molecule has 1 amide bonds. The van der Waals surface area contributed by atoms with E-state index in [-0.39, 0.29) is 5.91 Å². The molecule has 0 saturated carbocycles. The zero-order chi connectivity index (χ0) is 14.7. The van der Waals surface area contributed by atoms with Gasteiger partial charge in [0, 0.05) is 17.2 Å². The Morgan fingerprint density at radius 2 is 2.29 bits per heavy atom. The number of rotatable bonds is 3. The molecule has 1 aliphatic rings. The second-order valence-electron chi connectivity index (χ2n) is 4.86. The van der Waals surface area contributed by atoms with E-state index >= 15 is 0 Å². The molecule has 1 aromatic carbocycles. The molecule has 0 saturated heterocycles. The number of hydrogen-bond acceptors (Lipinski definition) is 4. The molecule has 3 rings (SSSR count). The molecule has 21 heavy (non-hydrogen) atoms. The molecule has 0 radical (unpaired) electrons. The smallest absolute Gasteiger partial charge is 0.261 e. The number of nitriles is 1. The largest absolute Gasteiger partial charge is 0.347 e. The highest BCUT2D eigenvalue weighted by Crippen LogP contribution is 2.31. The predicted octanol–water partition coefficient (Wildman–Crippen LogP) is 3.34. The van der Waals surface area contributed by atoms with Crippen LogP contribution in [0.4, 0.5) is 0 Å². The number of thioether (sulfide) groups is 1. The van der Waals surface area contributed by atoms with Crippen LogP contribution in [0.5, 0.6) is 0 Å². The molecule has 1 aliphatic heterocycles. The van der Waals surface area contributed by atoms with Gasteiger partial charge in [-0.15, -0.1) is 11.3 Å². The van der Waals surface area contributed by atoms with E-state index in [1.54, 1.807) is 23.5 Å². The molecule has 0 unspecified atom stereocenters. The van der Waals surface area contributed by atoms with Crippen LogP contribution in [-0.2, 0) is 18.7 Å². The summed E-state index contributed by atoms with van der Waals surface area (Å²) >= 11 is 3.53. The van der Waals surface area contributed by atoms with Crippen molar-refractivity contribution >= 4 is 29.0 Å². The molecule has 106 valence electrons. The van der Waals surface area contributed by atoms with Gasteiger partial charge in [0.2, 0.25) is 0 Å². The van der Waals surface area contributed by atoms with E-state index in [4.69, 9.17) is 5.26 Å². The lowest BCUT2D eigenvalue weighted by atomic mass is 10.1. The van der Waals surface area contributed by atoms with Crippen molar-refractivity contribution in [2.45, 2.75) is 18.7 Å². The molecule has 1 aromatic heterocycles. The lowest BCUT2D eigenvalue weighted by molar-refractivity contribution is 0.0955. The lowest BCUT2D eigenvalue weighted by Crippen LogP contribution is -2.21. The Morgan fingerprint density at radius 3 is 3.10 bits per heavy atom. The Bertz CT molecular complexity index is 692. The minimum absolute atomic E-state index is 0.0261. The van der Waals surface area contributed by atoms with E-state index in [0.29, 0.717) is 12.1 Å². The Hall–Kier alpha value is -1.77. The topological polar surface area (TPSA) is 52.9 Å². The molecule has 0 bridgehead atoms. The van der Waals surface area contributed by atoms with Crippen molar-refractivity contribution in [3.63, 3.8) is 0 Å². The van der Waals surface area contributed by atoms with Crippen molar-refractivity contribution in [3.05, 3.63) is 56.8 Å². The van der Waals surface area contributed by atoms with Crippen molar-refractivity contribution in [1.82, 2.24) is 5.32 Å². The highest BCUT2D eigenvalue weighted by Gasteiger charge is 2.17. The standard InChI is InChI=1S/C16H14N2OS2/c17-8-11-2-1-3-12(6-11)9-18-16(19)15-7-13-10-20-5-4-14(13)21-15/h1-3,6-7H,4-5,9-10H2,(H,18,19). The summed E-state index contributed by atoms with van der Waals surface area (Å²) in [6.07, 6.45) is 1.07. The van der Waals surface area contributed by atoms with Crippen molar-refractivity contribution in [2.75, 3.05) is 5.75 Å². The van der Waals surface area contributed by atoms with E-state index in [2.05, 4.69) is 11.4 Å². The average molecular weight is 314 g/mol. The SMILES string of the molecule is N#Cc1cccc(CNC(=O)c2cc3c(s2)CCSC3)c1. The van der Waals surface area contributed by atoms with Crippen molar-refractivity contribution in [3.8, 4) is 6.07 Å². The number of carbonyl (C=O) groups is 1. The second kappa shape index (κ2) is 6.33. The number of nitrogens with one attached hydrogen (secondary N) is 1. The quantitative estimate of drug-likeness (QED) is 0.945. The van der Waals surface area contributed by atoms with Gasteiger partial charge in [-0.05, 0) is 41.5 Å². The van der Waals surface area contributed by atoms with Crippen molar-refractivity contribution in [2.24, 2.45) is 0 Å². The number of amides is 1.